The number of aliphatic carboxylic acids is 1. The highest BCUT2D eigenvalue weighted by atomic mass is 32.2. The molecule has 112 valence electrons. The minimum absolute atomic E-state index is 0.101. The number of hydrogen-bond acceptors (Lipinski definition) is 4. The van der Waals surface area contributed by atoms with Gasteiger partial charge in [0.2, 0.25) is 10.0 Å². The SMILES string of the molecule is CCCC(C)(NC(=O)NCCCS(N)(=O)=O)C(=O)O. The third kappa shape index (κ3) is 7.62. The number of rotatable bonds is 8. The van der Waals surface area contributed by atoms with Gasteiger partial charge in [-0.25, -0.2) is 23.1 Å². The van der Waals surface area contributed by atoms with E-state index in [0.717, 1.165) is 0 Å². The van der Waals surface area contributed by atoms with Crippen LogP contribution in [0, 0.1) is 0 Å². The Morgan fingerprint density at radius 2 is 1.95 bits per heavy atom. The Morgan fingerprint density at radius 3 is 2.37 bits per heavy atom. The van der Waals surface area contributed by atoms with Gasteiger partial charge < -0.3 is 15.7 Å². The standard InChI is InChI=1S/C10H21N3O5S/c1-3-5-10(2,8(14)15)13-9(16)12-6-4-7-19(11,17)18/h3-7H2,1-2H3,(H,14,15)(H2,11,17,18)(H2,12,13,16). The van der Waals surface area contributed by atoms with Crippen molar-refractivity contribution in [3.05, 3.63) is 0 Å². The van der Waals surface area contributed by atoms with E-state index in [-0.39, 0.29) is 18.7 Å². The molecule has 1 atom stereocenters. The summed E-state index contributed by atoms with van der Waals surface area (Å²) in [6, 6.07) is -0.646. The van der Waals surface area contributed by atoms with Gasteiger partial charge in [-0.15, -0.1) is 0 Å². The van der Waals surface area contributed by atoms with Gasteiger partial charge in [0.1, 0.15) is 5.54 Å². The fraction of sp³-hybridized carbons (Fsp3) is 0.800. The molecule has 0 heterocycles. The molecule has 0 aliphatic heterocycles. The molecule has 0 aliphatic carbocycles. The molecule has 0 aromatic carbocycles. The topological polar surface area (TPSA) is 139 Å². The Labute approximate surface area is 112 Å². The number of carbonyl (C=O) groups excluding carboxylic acids is 1. The summed E-state index contributed by atoms with van der Waals surface area (Å²) in [4.78, 5) is 22.6. The molecule has 0 aromatic heterocycles. The monoisotopic (exact) mass is 295 g/mol. The van der Waals surface area contributed by atoms with Crippen molar-refractivity contribution in [2.75, 3.05) is 12.3 Å². The third-order valence-electron chi connectivity index (χ3n) is 2.50. The van der Waals surface area contributed by atoms with Gasteiger partial charge in [-0.05, 0) is 19.8 Å². The van der Waals surface area contributed by atoms with Crippen LogP contribution in [0.25, 0.3) is 0 Å². The summed E-state index contributed by atoms with van der Waals surface area (Å²) in [5.74, 6) is -1.35. The maximum Gasteiger partial charge on any atom is 0.329 e. The van der Waals surface area contributed by atoms with Crippen LogP contribution in [-0.2, 0) is 14.8 Å². The lowest BCUT2D eigenvalue weighted by Gasteiger charge is -2.25. The summed E-state index contributed by atoms with van der Waals surface area (Å²) in [7, 11) is -3.55. The van der Waals surface area contributed by atoms with E-state index in [4.69, 9.17) is 10.2 Å². The zero-order valence-electron chi connectivity index (χ0n) is 11.1. The van der Waals surface area contributed by atoms with Gasteiger partial charge in [0.05, 0.1) is 5.75 Å². The molecule has 0 bridgehead atoms. The van der Waals surface area contributed by atoms with Crippen molar-refractivity contribution in [2.45, 2.75) is 38.6 Å². The van der Waals surface area contributed by atoms with Crippen molar-refractivity contribution < 1.29 is 23.1 Å². The second kappa shape index (κ2) is 7.29. The lowest BCUT2D eigenvalue weighted by atomic mass is 9.97. The first-order chi connectivity index (χ1) is 8.60. The van der Waals surface area contributed by atoms with Crippen LogP contribution >= 0.6 is 0 Å². The van der Waals surface area contributed by atoms with E-state index >= 15 is 0 Å². The highest BCUT2D eigenvalue weighted by Gasteiger charge is 2.33. The van der Waals surface area contributed by atoms with Gasteiger partial charge >= 0.3 is 12.0 Å². The van der Waals surface area contributed by atoms with Crippen molar-refractivity contribution in [3.8, 4) is 0 Å². The van der Waals surface area contributed by atoms with Crippen molar-refractivity contribution in [1.82, 2.24) is 10.6 Å². The molecule has 19 heavy (non-hydrogen) atoms. The highest BCUT2D eigenvalue weighted by molar-refractivity contribution is 7.89. The largest absolute Gasteiger partial charge is 0.480 e. The molecule has 8 nitrogen and oxygen atoms in total. The molecule has 0 aliphatic rings. The van der Waals surface area contributed by atoms with Gasteiger partial charge in [0, 0.05) is 6.54 Å². The molecular weight excluding hydrogens is 274 g/mol. The van der Waals surface area contributed by atoms with Crippen LogP contribution in [0.3, 0.4) is 0 Å². The first-order valence-corrected chi connectivity index (χ1v) is 7.62. The van der Waals surface area contributed by atoms with Crippen molar-refractivity contribution >= 4 is 22.0 Å². The van der Waals surface area contributed by atoms with E-state index < -0.39 is 27.6 Å². The molecule has 0 aromatic rings. The first-order valence-electron chi connectivity index (χ1n) is 5.90. The van der Waals surface area contributed by atoms with Crippen LogP contribution in [0.15, 0.2) is 0 Å². The van der Waals surface area contributed by atoms with Crippen LogP contribution in [0.5, 0.6) is 0 Å². The maximum absolute atomic E-state index is 11.5. The van der Waals surface area contributed by atoms with Gasteiger partial charge in [0.25, 0.3) is 0 Å². The molecular formula is C10H21N3O5S. The minimum atomic E-state index is -3.55. The molecule has 5 N–H and O–H groups in total. The Morgan fingerprint density at radius 1 is 1.37 bits per heavy atom. The quantitative estimate of drug-likeness (QED) is 0.452. The Bertz CT molecular complexity index is 423. The first kappa shape index (κ1) is 17.6. The number of amides is 2. The van der Waals surface area contributed by atoms with Crippen molar-refractivity contribution in [3.63, 3.8) is 0 Å². The summed E-state index contributed by atoms with van der Waals surface area (Å²) in [5.41, 5.74) is -1.33. The number of hydrogen-bond donors (Lipinski definition) is 4. The fourth-order valence-electron chi connectivity index (χ4n) is 1.49. The van der Waals surface area contributed by atoms with Crippen molar-refractivity contribution in [2.24, 2.45) is 5.14 Å². The summed E-state index contributed by atoms with van der Waals surface area (Å²) in [5, 5.41) is 18.6. The smallest absolute Gasteiger partial charge is 0.329 e. The van der Waals surface area contributed by atoms with E-state index in [1.807, 2.05) is 6.92 Å². The lowest BCUT2D eigenvalue weighted by molar-refractivity contribution is -0.144. The molecule has 0 radical (unpaired) electrons. The van der Waals surface area contributed by atoms with E-state index in [1.165, 1.54) is 6.92 Å². The van der Waals surface area contributed by atoms with Gasteiger partial charge in [-0.3, -0.25) is 0 Å². The number of primary sulfonamides is 1. The number of carbonyl (C=O) groups is 2. The van der Waals surface area contributed by atoms with Gasteiger partial charge in [-0.1, -0.05) is 13.3 Å². The average Bonchev–Trinajstić information content (AvgIpc) is 2.23. The minimum Gasteiger partial charge on any atom is -0.480 e. The zero-order chi connectivity index (χ0) is 15.1. The average molecular weight is 295 g/mol. The predicted octanol–water partition coefficient (Wildman–Crippen LogP) is -0.392. The number of sulfonamides is 1. The molecule has 0 spiro atoms. The predicted molar refractivity (Wildman–Crippen MR) is 70.1 cm³/mol. The fourth-order valence-corrected chi connectivity index (χ4v) is 2.04. The number of nitrogens with two attached hydrogens (primary N) is 1. The third-order valence-corrected chi connectivity index (χ3v) is 3.36. The molecule has 1 unspecified atom stereocenters. The molecule has 0 saturated carbocycles. The van der Waals surface area contributed by atoms with Crippen LogP contribution < -0.4 is 15.8 Å². The number of urea groups is 1. The van der Waals surface area contributed by atoms with Gasteiger partial charge in [0.15, 0.2) is 0 Å². The number of nitrogens with one attached hydrogen (secondary N) is 2. The Balaban J connectivity index is 4.19. The molecule has 0 saturated heterocycles. The van der Waals surface area contributed by atoms with Crippen LogP contribution in [-0.4, -0.2) is 43.4 Å². The maximum atomic E-state index is 11.5. The molecule has 0 fully saturated rings. The zero-order valence-corrected chi connectivity index (χ0v) is 11.9. The molecule has 0 rings (SSSR count). The number of carboxylic acids is 1. The summed E-state index contributed by atoms with van der Waals surface area (Å²) in [6.07, 6.45) is 1.07. The summed E-state index contributed by atoms with van der Waals surface area (Å²) < 4.78 is 21.3. The molecule has 9 heteroatoms. The van der Waals surface area contributed by atoms with Gasteiger partial charge in [-0.2, -0.15) is 0 Å². The molecule has 2 amide bonds. The Kier molecular flexibility index (Phi) is 6.77. The van der Waals surface area contributed by atoms with Crippen LogP contribution in [0.1, 0.15) is 33.1 Å². The van der Waals surface area contributed by atoms with E-state index in [2.05, 4.69) is 10.6 Å². The lowest BCUT2D eigenvalue weighted by Crippen LogP contribution is -2.55. The number of carboxylic acid groups (broad SMARTS) is 1. The summed E-state index contributed by atoms with van der Waals surface area (Å²) >= 11 is 0. The summed E-state index contributed by atoms with van der Waals surface area (Å²) in [6.45, 7) is 3.33. The second-order valence-corrected chi connectivity index (χ2v) is 6.22. The van der Waals surface area contributed by atoms with E-state index in [9.17, 15) is 18.0 Å². The van der Waals surface area contributed by atoms with Crippen LogP contribution in [0.4, 0.5) is 4.79 Å². The van der Waals surface area contributed by atoms with E-state index in [1.54, 1.807) is 0 Å². The normalized spacial score (nSPS) is 14.5. The van der Waals surface area contributed by atoms with Crippen molar-refractivity contribution in [1.29, 1.82) is 0 Å². The highest BCUT2D eigenvalue weighted by Crippen LogP contribution is 2.12. The second-order valence-electron chi connectivity index (χ2n) is 4.49. The van der Waals surface area contributed by atoms with E-state index in [0.29, 0.717) is 12.8 Å². The van der Waals surface area contributed by atoms with Crippen LogP contribution in [0.2, 0.25) is 0 Å². The Hall–Kier alpha value is -1.35.